The molecule has 0 nitrogen and oxygen atoms in total. The van der Waals surface area contributed by atoms with Gasteiger partial charge in [-0.05, 0) is 0 Å². The van der Waals surface area contributed by atoms with Crippen LogP contribution in [-0.2, 0) is 78.6 Å². The Labute approximate surface area is 77.6 Å². The molecule has 4 heavy (non-hydrogen) atoms. The van der Waals surface area contributed by atoms with Crippen LogP contribution in [0.1, 0.15) is 0 Å². The van der Waals surface area contributed by atoms with E-state index >= 15 is 0 Å². The van der Waals surface area contributed by atoms with Crippen LogP contribution < -0.4 is 0 Å². The van der Waals surface area contributed by atoms with Crippen molar-refractivity contribution in [3.05, 3.63) is 0 Å². The maximum atomic E-state index is 0. The van der Waals surface area contributed by atoms with Gasteiger partial charge in [-0.15, -0.1) is 0 Å². The van der Waals surface area contributed by atoms with Crippen LogP contribution >= 0.6 is 0 Å². The molecule has 0 atom stereocenters. The summed E-state index contributed by atoms with van der Waals surface area (Å²) in [5.74, 6) is 0. The van der Waals surface area contributed by atoms with Gasteiger partial charge in [0.2, 0.25) is 0 Å². The third-order valence-corrected chi connectivity index (χ3v) is 0. The van der Waals surface area contributed by atoms with Gasteiger partial charge in [0.1, 0.15) is 0 Å². The zero-order valence-corrected chi connectivity index (χ0v) is 9.24. The molecule has 4 heteroatoms. The Morgan fingerprint density at radius 1 is 1.00 bits per heavy atom. The molecule has 0 amide bonds. The van der Waals surface area contributed by atoms with Crippen molar-refractivity contribution in [1.82, 2.24) is 0 Å². The Hall–Kier alpha value is 2.51. The molecule has 0 aliphatic heterocycles. The van der Waals surface area contributed by atoms with Crippen molar-refractivity contribution >= 4 is 0 Å². The first-order valence-corrected chi connectivity index (χ1v) is 0. The number of hydrogen-bond acceptors (Lipinski definition) is 0. The van der Waals surface area contributed by atoms with E-state index in [0.29, 0.717) is 0 Å². The van der Waals surface area contributed by atoms with E-state index in [-0.39, 0.29) is 78.6 Å². The molecule has 0 aliphatic rings. The second kappa shape index (κ2) is 17.8. The van der Waals surface area contributed by atoms with Crippen molar-refractivity contribution in [2.45, 2.75) is 0 Å². The molecule has 0 spiro atoms. The normalized spacial score (nSPS) is 0. The van der Waals surface area contributed by atoms with Gasteiger partial charge in [-0.3, -0.25) is 0 Å². The molecular formula is CoMnNbTa. The molecule has 0 fully saturated rings. The summed E-state index contributed by atoms with van der Waals surface area (Å²) in [5, 5.41) is 0. The molecular weight excluding hydrogens is 388 g/mol. The fourth-order valence-electron chi connectivity index (χ4n) is 0. The first kappa shape index (κ1) is 31.4. The molecule has 0 N–H and O–H groups in total. The molecule has 0 aromatic carbocycles. The van der Waals surface area contributed by atoms with E-state index in [0.717, 1.165) is 0 Å². The van der Waals surface area contributed by atoms with Crippen molar-refractivity contribution in [3.8, 4) is 0 Å². The molecule has 0 aliphatic carbocycles. The molecule has 0 bridgehead atoms. The predicted molar refractivity (Wildman–Crippen MR) is 0 cm³/mol. The van der Waals surface area contributed by atoms with Gasteiger partial charge in [0.25, 0.3) is 0 Å². The third kappa shape index (κ3) is 8.82. The molecule has 0 heterocycles. The first-order chi connectivity index (χ1) is 0. The second-order valence-electron chi connectivity index (χ2n) is 0. The summed E-state index contributed by atoms with van der Waals surface area (Å²) in [4.78, 5) is 0. The van der Waals surface area contributed by atoms with Crippen LogP contribution in [0.4, 0.5) is 0 Å². The number of rotatable bonds is 0. The van der Waals surface area contributed by atoms with Gasteiger partial charge in [0.15, 0.2) is 0 Å². The van der Waals surface area contributed by atoms with E-state index in [2.05, 4.69) is 0 Å². The third-order valence-electron chi connectivity index (χ3n) is 0. The van der Waals surface area contributed by atoms with Gasteiger partial charge in [-0.25, -0.2) is 0 Å². The molecule has 0 saturated heterocycles. The van der Waals surface area contributed by atoms with Gasteiger partial charge >= 0.3 is 0 Å². The topological polar surface area (TPSA) is 0 Å². The van der Waals surface area contributed by atoms with Gasteiger partial charge in [0.05, 0.1) is 0 Å². The molecule has 26 valence electrons. The predicted octanol–water partition coefficient (Wildman–Crippen LogP) is -0.0100. The Morgan fingerprint density at radius 3 is 1.00 bits per heavy atom. The minimum Gasteiger partial charge on any atom is 0 e. The Kier molecular flexibility index (Phi) is 140. The van der Waals surface area contributed by atoms with Gasteiger partial charge in [-0.1, -0.05) is 0 Å². The van der Waals surface area contributed by atoms with Crippen LogP contribution in [0.3, 0.4) is 0 Å². The van der Waals surface area contributed by atoms with Crippen LogP contribution in [0.25, 0.3) is 0 Å². The summed E-state index contributed by atoms with van der Waals surface area (Å²) in [5.41, 5.74) is 0. The average molecular weight is 388 g/mol. The molecule has 4 radical (unpaired) electrons. The maximum absolute atomic E-state index is 0. The van der Waals surface area contributed by atoms with E-state index in [9.17, 15) is 0 Å². The van der Waals surface area contributed by atoms with Crippen LogP contribution in [-0.4, -0.2) is 0 Å². The summed E-state index contributed by atoms with van der Waals surface area (Å²) >= 11 is 0. The standard InChI is InChI=1S/Co.Mn.Nb.Ta. The largest absolute Gasteiger partial charge is 0 e. The van der Waals surface area contributed by atoms with Gasteiger partial charge in [-0.2, -0.15) is 0 Å². The summed E-state index contributed by atoms with van der Waals surface area (Å²) in [6.45, 7) is 0. The van der Waals surface area contributed by atoms with Crippen LogP contribution in [0.5, 0.6) is 0 Å². The van der Waals surface area contributed by atoms with E-state index in [4.69, 9.17) is 0 Å². The van der Waals surface area contributed by atoms with E-state index in [1.54, 1.807) is 0 Å². The zero-order chi connectivity index (χ0) is 0. The fourth-order valence-corrected chi connectivity index (χ4v) is 0. The summed E-state index contributed by atoms with van der Waals surface area (Å²) in [6, 6.07) is 0. The quantitative estimate of drug-likeness (QED) is 0.513. The molecule has 0 aromatic rings. The van der Waals surface area contributed by atoms with Gasteiger partial charge < -0.3 is 0 Å². The second-order valence-corrected chi connectivity index (χ2v) is 0. The van der Waals surface area contributed by atoms with Crippen molar-refractivity contribution in [2.75, 3.05) is 0 Å². The maximum Gasteiger partial charge on any atom is 0 e. The van der Waals surface area contributed by atoms with Crippen LogP contribution in [0.15, 0.2) is 0 Å². The molecule has 0 unspecified atom stereocenters. The van der Waals surface area contributed by atoms with Crippen molar-refractivity contribution < 1.29 is 78.6 Å². The van der Waals surface area contributed by atoms with E-state index < -0.39 is 0 Å². The Morgan fingerprint density at radius 2 is 1.00 bits per heavy atom. The zero-order valence-electron chi connectivity index (χ0n) is 1.61. The smallest absolute Gasteiger partial charge is 0 e. The Bertz CT molecular complexity index is 8.00. The minimum absolute atomic E-state index is 0. The molecule has 0 rings (SSSR count). The van der Waals surface area contributed by atoms with Crippen LogP contribution in [0, 0.1) is 0 Å². The summed E-state index contributed by atoms with van der Waals surface area (Å²) < 4.78 is 0. The summed E-state index contributed by atoms with van der Waals surface area (Å²) in [7, 11) is 0. The molecule has 0 saturated carbocycles. The van der Waals surface area contributed by atoms with Crippen molar-refractivity contribution in [3.63, 3.8) is 0 Å². The van der Waals surface area contributed by atoms with E-state index in [1.807, 2.05) is 0 Å². The van der Waals surface area contributed by atoms with Crippen LogP contribution in [0.2, 0.25) is 0 Å². The number of hydrogen-bond donors (Lipinski definition) is 0. The van der Waals surface area contributed by atoms with Crippen molar-refractivity contribution in [1.29, 1.82) is 0 Å². The fraction of sp³-hybridized carbons (Fsp3) is 0. The first-order valence-electron chi connectivity index (χ1n) is 0. The monoisotopic (exact) mass is 388 g/mol. The minimum atomic E-state index is 0. The van der Waals surface area contributed by atoms with Crippen molar-refractivity contribution in [2.24, 2.45) is 0 Å². The average Bonchev–Trinajstić information content (AvgIpc) is 0. The van der Waals surface area contributed by atoms with Gasteiger partial charge in [0, 0.05) is 78.6 Å². The SMILES string of the molecule is [Co].[Mn].[Nb].[Ta]. The molecule has 0 aromatic heterocycles. The summed E-state index contributed by atoms with van der Waals surface area (Å²) in [6.07, 6.45) is 0. The van der Waals surface area contributed by atoms with E-state index in [1.165, 1.54) is 0 Å². The Balaban J connectivity index is 0.